The van der Waals surface area contributed by atoms with Crippen molar-refractivity contribution >= 4 is 5.91 Å². The number of rotatable bonds is 5. The molecule has 0 aliphatic carbocycles. The number of carbonyl (C=O) groups excluding carboxylic acids is 1. The van der Waals surface area contributed by atoms with E-state index < -0.39 is 11.2 Å². The zero-order chi connectivity index (χ0) is 21.7. The molecule has 0 saturated carbocycles. The van der Waals surface area contributed by atoms with Crippen LogP contribution >= 0.6 is 0 Å². The molecule has 5 nitrogen and oxygen atoms in total. The molecule has 2 aliphatic heterocycles. The molecule has 2 aromatic carbocycles. The van der Waals surface area contributed by atoms with Gasteiger partial charge in [-0.3, -0.25) is 4.79 Å². The van der Waals surface area contributed by atoms with E-state index in [2.05, 4.69) is 10.6 Å². The molecule has 0 atom stereocenters. The van der Waals surface area contributed by atoms with E-state index in [9.17, 15) is 9.18 Å². The van der Waals surface area contributed by atoms with Gasteiger partial charge in [-0.15, -0.1) is 0 Å². The molecule has 4 rings (SSSR count). The van der Waals surface area contributed by atoms with E-state index in [0.717, 1.165) is 37.1 Å². The molecule has 0 bridgehead atoms. The molecule has 31 heavy (non-hydrogen) atoms. The van der Waals surface area contributed by atoms with Crippen LogP contribution in [0.2, 0.25) is 0 Å². The number of hydrogen-bond acceptors (Lipinski definition) is 4. The predicted octanol–water partition coefficient (Wildman–Crippen LogP) is 3.57. The van der Waals surface area contributed by atoms with E-state index >= 15 is 0 Å². The third-order valence-corrected chi connectivity index (χ3v) is 6.46. The Balaban J connectivity index is 1.51. The molecule has 0 spiro atoms. The average Bonchev–Trinajstić information content (AvgIpc) is 2.80. The summed E-state index contributed by atoms with van der Waals surface area (Å²) in [5.41, 5.74) is 2.43. The number of halogens is 1. The Morgan fingerprint density at radius 2 is 1.84 bits per heavy atom. The molecule has 0 unspecified atom stereocenters. The molecular formula is C25H28FN3O2. The van der Waals surface area contributed by atoms with E-state index in [-0.39, 0.29) is 11.9 Å². The third-order valence-electron chi connectivity index (χ3n) is 6.46. The number of nitriles is 1. The highest BCUT2D eigenvalue weighted by Crippen LogP contribution is 2.36. The highest BCUT2D eigenvalue weighted by molar-refractivity contribution is 5.83. The van der Waals surface area contributed by atoms with Crippen LogP contribution in [0.15, 0.2) is 42.5 Å². The van der Waals surface area contributed by atoms with Crippen LogP contribution in [0.4, 0.5) is 4.39 Å². The van der Waals surface area contributed by atoms with Crippen LogP contribution in [0.3, 0.4) is 0 Å². The van der Waals surface area contributed by atoms with E-state index in [1.165, 1.54) is 12.1 Å². The van der Waals surface area contributed by atoms with Crippen molar-refractivity contribution < 1.29 is 13.9 Å². The molecule has 2 fully saturated rings. The SMILES string of the molecule is N#Cc1cc(F)cc(-c2ccc(CC3(C(=O)NC4CCNCC4)CCOCC3)cc2)c1. The summed E-state index contributed by atoms with van der Waals surface area (Å²) in [5, 5.41) is 15.7. The molecule has 2 heterocycles. The fourth-order valence-corrected chi connectivity index (χ4v) is 4.58. The fourth-order valence-electron chi connectivity index (χ4n) is 4.58. The molecule has 2 N–H and O–H groups in total. The Kier molecular flexibility index (Phi) is 6.64. The molecule has 6 heteroatoms. The Hall–Kier alpha value is -2.75. The van der Waals surface area contributed by atoms with Crippen LogP contribution in [0.1, 0.15) is 36.8 Å². The van der Waals surface area contributed by atoms with Gasteiger partial charge < -0.3 is 15.4 Å². The first-order valence-corrected chi connectivity index (χ1v) is 11.0. The van der Waals surface area contributed by atoms with Gasteiger partial charge in [-0.25, -0.2) is 4.39 Å². The standard InChI is InChI=1S/C25H28FN3O2/c26-22-14-19(17-27)13-21(15-22)20-3-1-18(2-4-20)16-25(7-11-31-12-8-25)24(30)29-23-5-9-28-10-6-23/h1-4,13-15,23,28H,5-12,16H2,(H,29,30). The Morgan fingerprint density at radius 3 is 2.52 bits per heavy atom. The van der Waals surface area contributed by atoms with Crippen LogP contribution in [-0.4, -0.2) is 38.3 Å². The van der Waals surface area contributed by atoms with Crippen LogP contribution < -0.4 is 10.6 Å². The van der Waals surface area contributed by atoms with Crippen molar-refractivity contribution in [2.24, 2.45) is 5.41 Å². The predicted molar refractivity (Wildman–Crippen MR) is 117 cm³/mol. The molecule has 1 amide bonds. The number of carbonyl (C=O) groups is 1. The summed E-state index contributed by atoms with van der Waals surface area (Å²) in [6.45, 7) is 3.07. The number of nitrogens with zero attached hydrogens (tertiary/aromatic N) is 1. The Bertz CT molecular complexity index is 956. The summed E-state index contributed by atoms with van der Waals surface area (Å²) < 4.78 is 19.4. The van der Waals surface area contributed by atoms with Crippen molar-refractivity contribution in [3.63, 3.8) is 0 Å². The summed E-state index contributed by atoms with van der Waals surface area (Å²) >= 11 is 0. The number of amides is 1. The van der Waals surface area contributed by atoms with Crippen molar-refractivity contribution in [3.8, 4) is 17.2 Å². The second-order valence-electron chi connectivity index (χ2n) is 8.60. The van der Waals surface area contributed by atoms with Gasteiger partial charge in [0.2, 0.25) is 5.91 Å². The average molecular weight is 422 g/mol. The van der Waals surface area contributed by atoms with Gasteiger partial charge in [0.25, 0.3) is 0 Å². The number of benzene rings is 2. The summed E-state index contributed by atoms with van der Waals surface area (Å²) in [5.74, 6) is -0.288. The zero-order valence-electron chi connectivity index (χ0n) is 17.6. The van der Waals surface area contributed by atoms with Gasteiger partial charge in [-0.05, 0) is 80.1 Å². The van der Waals surface area contributed by atoms with Gasteiger partial charge in [0.05, 0.1) is 17.0 Å². The number of ether oxygens (including phenoxy) is 1. The molecule has 162 valence electrons. The minimum absolute atomic E-state index is 0.135. The smallest absolute Gasteiger partial charge is 0.226 e. The first kappa shape index (κ1) is 21.5. The summed E-state index contributed by atoms with van der Waals surface area (Å²) in [6.07, 6.45) is 4.00. The summed E-state index contributed by atoms with van der Waals surface area (Å²) in [6, 6.07) is 14.4. The van der Waals surface area contributed by atoms with Crippen LogP contribution in [0.5, 0.6) is 0 Å². The van der Waals surface area contributed by atoms with Gasteiger partial charge in [0, 0.05) is 19.3 Å². The first-order valence-electron chi connectivity index (χ1n) is 11.0. The number of piperidine rings is 1. The molecular weight excluding hydrogens is 393 g/mol. The largest absolute Gasteiger partial charge is 0.381 e. The zero-order valence-corrected chi connectivity index (χ0v) is 17.6. The maximum atomic E-state index is 13.8. The van der Waals surface area contributed by atoms with Gasteiger partial charge in [-0.1, -0.05) is 24.3 Å². The van der Waals surface area contributed by atoms with E-state index in [1.54, 1.807) is 6.07 Å². The summed E-state index contributed by atoms with van der Waals surface area (Å²) in [7, 11) is 0. The van der Waals surface area contributed by atoms with Crippen molar-refractivity contribution in [1.82, 2.24) is 10.6 Å². The van der Waals surface area contributed by atoms with Gasteiger partial charge >= 0.3 is 0 Å². The van der Waals surface area contributed by atoms with E-state index in [4.69, 9.17) is 10.00 Å². The lowest BCUT2D eigenvalue weighted by molar-refractivity contribution is -0.137. The van der Waals surface area contributed by atoms with Crippen molar-refractivity contribution in [3.05, 3.63) is 59.4 Å². The Labute approximate surface area is 182 Å². The van der Waals surface area contributed by atoms with Crippen molar-refractivity contribution in [2.75, 3.05) is 26.3 Å². The maximum Gasteiger partial charge on any atom is 0.226 e. The van der Waals surface area contributed by atoms with Gasteiger partial charge in [0.1, 0.15) is 5.82 Å². The molecule has 0 aromatic heterocycles. The lowest BCUT2D eigenvalue weighted by atomic mass is 9.74. The summed E-state index contributed by atoms with van der Waals surface area (Å²) in [4.78, 5) is 13.3. The Morgan fingerprint density at radius 1 is 1.13 bits per heavy atom. The van der Waals surface area contributed by atoms with Crippen LogP contribution in [0, 0.1) is 22.6 Å². The highest BCUT2D eigenvalue weighted by atomic mass is 19.1. The second kappa shape index (κ2) is 9.59. The van der Waals surface area contributed by atoms with E-state index in [1.807, 2.05) is 30.3 Å². The van der Waals surface area contributed by atoms with Crippen LogP contribution in [-0.2, 0) is 16.0 Å². The molecule has 0 radical (unpaired) electrons. The topological polar surface area (TPSA) is 74.2 Å². The van der Waals surface area contributed by atoms with Crippen LogP contribution in [0.25, 0.3) is 11.1 Å². The number of hydrogen-bond donors (Lipinski definition) is 2. The van der Waals surface area contributed by atoms with E-state index in [0.29, 0.717) is 43.6 Å². The van der Waals surface area contributed by atoms with Gasteiger partial charge in [-0.2, -0.15) is 5.26 Å². The second-order valence-corrected chi connectivity index (χ2v) is 8.60. The minimum Gasteiger partial charge on any atom is -0.381 e. The van der Waals surface area contributed by atoms with Crippen molar-refractivity contribution in [1.29, 1.82) is 5.26 Å². The molecule has 2 saturated heterocycles. The highest BCUT2D eigenvalue weighted by Gasteiger charge is 2.40. The minimum atomic E-state index is -0.461. The molecule has 2 aliphatic rings. The lowest BCUT2D eigenvalue weighted by Crippen LogP contribution is -2.51. The molecule has 2 aromatic rings. The monoisotopic (exact) mass is 421 g/mol. The fraction of sp³-hybridized carbons (Fsp3) is 0.440. The lowest BCUT2D eigenvalue weighted by Gasteiger charge is -2.38. The third kappa shape index (κ3) is 5.12. The van der Waals surface area contributed by atoms with Crippen molar-refractivity contribution in [2.45, 2.75) is 38.1 Å². The quantitative estimate of drug-likeness (QED) is 0.774. The maximum absolute atomic E-state index is 13.8. The van der Waals surface area contributed by atoms with Gasteiger partial charge in [0.15, 0.2) is 0 Å². The first-order chi connectivity index (χ1) is 15.1. The number of nitrogens with one attached hydrogen (secondary N) is 2. The normalized spacial score (nSPS) is 18.8.